The molecule has 1 aliphatic rings. The number of benzene rings is 1. The van der Waals surface area contributed by atoms with Crippen molar-refractivity contribution in [3.05, 3.63) is 29.8 Å². The van der Waals surface area contributed by atoms with Gasteiger partial charge >= 0.3 is 12.0 Å². The summed E-state index contributed by atoms with van der Waals surface area (Å²) in [5, 5.41) is 11.9. The lowest BCUT2D eigenvalue weighted by molar-refractivity contribution is -0.143. The number of carbonyl (C=O) groups excluding carboxylic acids is 1. The van der Waals surface area contributed by atoms with Crippen LogP contribution in [-0.4, -0.2) is 42.2 Å². The average Bonchev–Trinajstić information content (AvgIpc) is 2.49. The van der Waals surface area contributed by atoms with E-state index in [1.165, 1.54) is 0 Å². The second-order valence-electron chi connectivity index (χ2n) is 5.14. The molecule has 0 spiro atoms. The van der Waals surface area contributed by atoms with Gasteiger partial charge in [0.1, 0.15) is 0 Å². The summed E-state index contributed by atoms with van der Waals surface area (Å²) in [5.74, 6) is -1.31. The summed E-state index contributed by atoms with van der Waals surface area (Å²) >= 11 is 0. The fourth-order valence-corrected chi connectivity index (χ4v) is 2.48. The zero-order valence-electron chi connectivity index (χ0n) is 12.0. The number of urea groups is 1. The van der Waals surface area contributed by atoms with E-state index in [2.05, 4.69) is 5.32 Å². The molecule has 1 heterocycles. The number of ether oxygens (including phenoxy) is 1. The fraction of sp³-hybridized carbons (Fsp3) is 0.467. The van der Waals surface area contributed by atoms with Gasteiger partial charge in [0.25, 0.3) is 0 Å². The average molecular weight is 292 g/mol. The van der Waals surface area contributed by atoms with Gasteiger partial charge in [-0.1, -0.05) is 18.2 Å². The highest BCUT2D eigenvalue weighted by Gasteiger charge is 2.28. The number of piperidine rings is 1. The molecule has 0 saturated carbocycles. The van der Waals surface area contributed by atoms with Gasteiger partial charge in [-0.15, -0.1) is 0 Å². The predicted molar refractivity (Wildman–Crippen MR) is 78.1 cm³/mol. The quantitative estimate of drug-likeness (QED) is 0.891. The lowest BCUT2D eigenvalue weighted by atomic mass is 9.99. The molecule has 0 aliphatic carbocycles. The van der Waals surface area contributed by atoms with Gasteiger partial charge in [-0.25, -0.2) is 4.79 Å². The zero-order chi connectivity index (χ0) is 15.2. The Morgan fingerprint density at radius 2 is 2.19 bits per heavy atom. The Bertz CT molecular complexity index is 518. The molecule has 1 aromatic rings. The summed E-state index contributed by atoms with van der Waals surface area (Å²) in [6.45, 7) is 1.25. The van der Waals surface area contributed by atoms with E-state index < -0.39 is 11.9 Å². The molecule has 0 bridgehead atoms. The molecular formula is C15H20N2O4. The molecule has 1 fully saturated rings. The maximum Gasteiger partial charge on any atom is 0.321 e. The van der Waals surface area contributed by atoms with Crippen LogP contribution in [0.25, 0.3) is 0 Å². The number of carboxylic acid groups (broad SMARTS) is 1. The monoisotopic (exact) mass is 292 g/mol. The van der Waals surface area contributed by atoms with Crippen molar-refractivity contribution in [3.8, 4) is 0 Å². The van der Waals surface area contributed by atoms with E-state index in [0.29, 0.717) is 31.7 Å². The minimum atomic E-state index is -0.840. The summed E-state index contributed by atoms with van der Waals surface area (Å²) in [4.78, 5) is 24.9. The standard InChI is InChI=1S/C15H20N2O4/c1-21-10-12-5-2-3-7-13(12)16-15(20)17-8-4-6-11(9-17)14(18)19/h2-3,5,7,11H,4,6,8-10H2,1H3,(H,16,20)(H,18,19)/t11-/m0/s1. The largest absolute Gasteiger partial charge is 0.481 e. The first-order valence-electron chi connectivity index (χ1n) is 6.97. The summed E-state index contributed by atoms with van der Waals surface area (Å²) in [6.07, 6.45) is 1.34. The van der Waals surface area contributed by atoms with Crippen LogP contribution in [-0.2, 0) is 16.1 Å². The maximum atomic E-state index is 12.3. The summed E-state index contributed by atoms with van der Waals surface area (Å²) in [7, 11) is 1.60. The van der Waals surface area contributed by atoms with E-state index in [9.17, 15) is 9.59 Å². The molecule has 114 valence electrons. The first kappa shape index (κ1) is 15.3. The molecule has 2 amide bonds. The van der Waals surface area contributed by atoms with Crippen LogP contribution in [0.3, 0.4) is 0 Å². The van der Waals surface area contributed by atoms with Crippen LogP contribution in [0.15, 0.2) is 24.3 Å². The van der Waals surface area contributed by atoms with Crippen molar-refractivity contribution in [2.75, 3.05) is 25.5 Å². The van der Waals surface area contributed by atoms with E-state index in [1.54, 1.807) is 12.0 Å². The van der Waals surface area contributed by atoms with Crippen LogP contribution in [0.4, 0.5) is 10.5 Å². The zero-order valence-corrected chi connectivity index (χ0v) is 12.0. The molecule has 1 saturated heterocycles. The highest BCUT2D eigenvalue weighted by atomic mass is 16.5. The van der Waals surface area contributed by atoms with Gasteiger partial charge in [0, 0.05) is 31.5 Å². The number of nitrogens with one attached hydrogen (secondary N) is 1. The number of amides is 2. The van der Waals surface area contributed by atoms with Crippen molar-refractivity contribution in [1.82, 2.24) is 4.90 Å². The molecule has 6 heteroatoms. The maximum absolute atomic E-state index is 12.3. The van der Waals surface area contributed by atoms with Crippen LogP contribution in [0.2, 0.25) is 0 Å². The van der Waals surface area contributed by atoms with E-state index in [1.807, 2.05) is 24.3 Å². The van der Waals surface area contributed by atoms with Gasteiger partial charge in [0.2, 0.25) is 0 Å². The van der Waals surface area contributed by atoms with Crippen LogP contribution in [0.5, 0.6) is 0 Å². The Kier molecular flexibility index (Phi) is 5.16. The van der Waals surface area contributed by atoms with Crippen LogP contribution >= 0.6 is 0 Å². The third-order valence-corrected chi connectivity index (χ3v) is 3.62. The predicted octanol–water partition coefficient (Wildman–Crippen LogP) is 2.16. The minimum absolute atomic E-state index is 0.258. The Morgan fingerprint density at radius 1 is 1.43 bits per heavy atom. The number of anilines is 1. The first-order valence-corrected chi connectivity index (χ1v) is 6.97. The lowest BCUT2D eigenvalue weighted by Gasteiger charge is -2.31. The summed E-state index contributed by atoms with van der Waals surface area (Å²) in [6, 6.07) is 7.15. The lowest BCUT2D eigenvalue weighted by Crippen LogP contribution is -2.44. The molecule has 6 nitrogen and oxygen atoms in total. The molecule has 0 aromatic heterocycles. The Labute approximate surface area is 123 Å². The first-order chi connectivity index (χ1) is 10.1. The third kappa shape index (κ3) is 3.95. The highest BCUT2D eigenvalue weighted by molar-refractivity contribution is 5.90. The van der Waals surface area contributed by atoms with Gasteiger partial charge < -0.3 is 20.1 Å². The van der Waals surface area contributed by atoms with E-state index >= 15 is 0 Å². The normalized spacial score (nSPS) is 18.3. The van der Waals surface area contributed by atoms with Gasteiger partial charge in [-0.2, -0.15) is 0 Å². The Morgan fingerprint density at radius 3 is 2.90 bits per heavy atom. The minimum Gasteiger partial charge on any atom is -0.481 e. The van der Waals surface area contributed by atoms with Gasteiger partial charge in [-0.05, 0) is 18.9 Å². The molecule has 0 radical (unpaired) electrons. The number of nitrogens with zero attached hydrogens (tertiary/aromatic N) is 1. The molecular weight excluding hydrogens is 272 g/mol. The number of methoxy groups -OCH3 is 1. The second kappa shape index (κ2) is 7.08. The SMILES string of the molecule is COCc1ccccc1NC(=O)N1CCC[C@H](C(=O)O)C1. The number of carboxylic acids is 1. The number of hydrogen-bond donors (Lipinski definition) is 2. The van der Waals surface area contributed by atoms with Crippen molar-refractivity contribution >= 4 is 17.7 Å². The number of rotatable bonds is 4. The van der Waals surface area contributed by atoms with Crippen molar-refractivity contribution in [3.63, 3.8) is 0 Å². The smallest absolute Gasteiger partial charge is 0.321 e. The molecule has 2 N–H and O–H groups in total. The molecule has 2 rings (SSSR count). The van der Waals surface area contributed by atoms with Crippen molar-refractivity contribution < 1.29 is 19.4 Å². The van der Waals surface area contributed by atoms with Crippen molar-refractivity contribution in [2.24, 2.45) is 5.92 Å². The summed E-state index contributed by atoms with van der Waals surface area (Å²) < 4.78 is 5.10. The Balaban J connectivity index is 2.02. The second-order valence-corrected chi connectivity index (χ2v) is 5.14. The number of hydrogen-bond acceptors (Lipinski definition) is 3. The number of likely N-dealkylation sites (tertiary alicyclic amines) is 1. The molecule has 21 heavy (non-hydrogen) atoms. The van der Waals surface area contributed by atoms with Gasteiger partial charge in [0.15, 0.2) is 0 Å². The van der Waals surface area contributed by atoms with E-state index in [0.717, 1.165) is 5.56 Å². The molecule has 1 aliphatic heterocycles. The van der Waals surface area contributed by atoms with Gasteiger partial charge in [0.05, 0.1) is 12.5 Å². The van der Waals surface area contributed by atoms with Crippen LogP contribution in [0, 0.1) is 5.92 Å². The number of carbonyl (C=O) groups is 2. The fourth-order valence-electron chi connectivity index (χ4n) is 2.48. The van der Waals surface area contributed by atoms with Crippen molar-refractivity contribution in [2.45, 2.75) is 19.4 Å². The number of aliphatic carboxylic acids is 1. The highest BCUT2D eigenvalue weighted by Crippen LogP contribution is 2.20. The summed E-state index contributed by atoms with van der Waals surface area (Å²) in [5.41, 5.74) is 1.59. The van der Waals surface area contributed by atoms with E-state index in [-0.39, 0.29) is 12.6 Å². The molecule has 1 aromatic carbocycles. The molecule has 0 unspecified atom stereocenters. The van der Waals surface area contributed by atoms with Crippen LogP contribution < -0.4 is 5.32 Å². The van der Waals surface area contributed by atoms with Crippen LogP contribution in [0.1, 0.15) is 18.4 Å². The molecule has 1 atom stereocenters. The van der Waals surface area contributed by atoms with E-state index in [4.69, 9.17) is 9.84 Å². The Hall–Kier alpha value is -2.08. The van der Waals surface area contributed by atoms with Gasteiger partial charge in [-0.3, -0.25) is 4.79 Å². The topological polar surface area (TPSA) is 78.9 Å². The van der Waals surface area contributed by atoms with Crippen molar-refractivity contribution in [1.29, 1.82) is 0 Å². The number of para-hydroxylation sites is 1. The third-order valence-electron chi connectivity index (χ3n) is 3.62.